The normalized spacial score (nSPS) is 16.7. The molecule has 1 amide bonds. The molecule has 0 spiro atoms. The zero-order valence-electron chi connectivity index (χ0n) is 19.2. The number of fused-ring (bicyclic) bond motifs is 1. The van der Waals surface area contributed by atoms with E-state index in [1.807, 2.05) is 0 Å². The van der Waals surface area contributed by atoms with Gasteiger partial charge in [-0.3, -0.25) is 14.7 Å². The third-order valence-electron chi connectivity index (χ3n) is 5.93. The molecule has 0 aromatic carbocycles. The fourth-order valence-electron chi connectivity index (χ4n) is 4.29. The van der Waals surface area contributed by atoms with Crippen LogP contribution in [0.5, 0.6) is 0 Å². The van der Waals surface area contributed by atoms with E-state index in [0.29, 0.717) is 23.2 Å². The highest BCUT2D eigenvalue weighted by Gasteiger charge is 2.31. The lowest BCUT2D eigenvalue weighted by Crippen LogP contribution is -2.37. The second-order valence-corrected chi connectivity index (χ2v) is 8.26. The van der Waals surface area contributed by atoms with Crippen molar-refractivity contribution in [1.29, 1.82) is 0 Å². The highest BCUT2D eigenvalue weighted by molar-refractivity contribution is 5.95. The molecule has 11 heteroatoms. The molecule has 1 aliphatic rings. The van der Waals surface area contributed by atoms with Crippen LogP contribution in [0.1, 0.15) is 39.8 Å². The second kappa shape index (κ2) is 8.97. The van der Waals surface area contributed by atoms with E-state index in [1.165, 1.54) is 17.8 Å². The SMILES string of the molecule is CCN(CC)[C@@H]1CCN(c2nn(-c3cncc(C(C)(F)F)n3)c3cc(NC(C)=O)ncc23)C1. The molecule has 0 unspecified atom stereocenters. The Balaban J connectivity index is 1.80. The van der Waals surface area contributed by atoms with E-state index < -0.39 is 11.6 Å². The van der Waals surface area contributed by atoms with Gasteiger partial charge in [0.25, 0.3) is 5.92 Å². The lowest BCUT2D eigenvalue weighted by Gasteiger charge is -2.26. The Hall–Kier alpha value is -3.21. The topological polar surface area (TPSA) is 92.1 Å². The van der Waals surface area contributed by atoms with Crippen LogP contribution >= 0.6 is 0 Å². The van der Waals surface area contributed by atoms with Crippen molar-refractivity contribution in [1.82, 2.24) is 29.6 Å². The van der Waals surface area contributed by atoms with E-state index >= 15 is 0 Å². The Morgan fingerprint density at radius 1 is 1.27 bits per heavy atom. The standard InChI is InChI=1S/C22H28F2N8O/c1-5-30(6-2)15-7-8-31(13-15)21-16-10-26-19(27-14(3)33)9-17(16)32(29-21)20-12-25-11-18(28-20)22(4,23)24/h9-12,15H,5-8,13H2,1-4H3,(H,26,27,33)/t15-/m1/s1. The van der Waals surface area contributed by atoms with Gasteiger partial charge in [0.15, 0.2) is 11.6 Å². The monoisotopic (exact) mass is 458 g/mol. The summed E-state index contributed by atoms with van der Waals surface area (Å²) >= 11 is 0. The smallest absolute Gasteiger partial charge is 0.288 e. The van der Waals surface area contributed by atoms with Crippen molar-refractivity contribution in [2.24, 2.45) is 0 Å². The van der Waals surface area contributed by atoms with Crippen LogP contribution in [0.25, 0.3) is 16.7 Å². The Kier molecular flexibility index (Phi) is 6.24. The number of hydrogen-bond donors (Lipinski definition) is 1. The molecule has 176 valence electrons. The minimum absolute atomic E-state index is 0.171. The molecule has 3 aromatic heterocycles. The summed E-state index contributed by atoms with van der Waals surface area (Å²) in [7, 11) is 0. The molecule has 1 aliphatic heterocycles. The number of carbonyl (C=O) groups excluding carboxylic acids is 1. The van der Waals surface area contributed by atoms with Crippen LogP contribution in [0.4, 0.5) is 20.4 Å². The van der Waals surface area contributed by atoms with Crippen LogP contribution in [0.3, 0.4) is 0 Å². The molecular formula is C22H28F2N8O. The van der Waals surface area contributed by atoms with Crippen molar-refractivity contribution in [3.63, 3.8) is 0 Å². The van der Waals surface area contributed by atoms with Gasteiger partial charge in [0.1, 0.15) is 11.5 Å². The summed E-state index contributed by atoms with van der Waals surface area (Å²) in [5, 5.41) is 8.16. The lowest BCUT2D eigenvalue weighted by atomic mass is 10.2. The van der Waals surface area contributed by atoms with Gasteiger partial charge in [-0.1, -0.05) is 13.8 Å². The third kappa shape index (κ3) is 4.63. The first-order valence-electron chi connectivity index (χ1n) is 11.1. The Bertz CT molecular complexity index is 1150. The second-order valence-electron chi connectivity index (χ2n) is 8.26. The molecule has 0 saturated carbocycles. The van der Waals surface area contributed by atoms with Crippen molar-refractivity contribution in [2.75, 3.05) is 36.4 Å². The van der Waals surface area contributed by atoms with E-state index in [0.717, 1.165) is 51.1 Å². The zero-order valence-corrected chi connectivity index (χ0v) is 19.2. The van der Waals surface area contributed by atoms with Gasteiger partial charge in [-0.05, 0) is 19.5 Å². The van der Waals surface area contributed by atoms with Crippen molar-refractivity contribution < 1.29 is 13.6 Å². The maximum atomic E-state index is 13.9. The highest BCUT2D eigenvalue weighted by Crippen LogP contribution is 2.32. The van der Waals surface area contributed by atoms with Crippen LogP contribution < -0.4 is 10.2 Å². The molecule has 0 radical (unpaired) electrons. The number of likely N-dealkylation sites (N-methyl/N-ethyl adjacent to an activating group) is 1. The predicted molar refractivity (Wildman–Crippen MR) is 122 cm³/mol. The van der Waals surface area contributed by atoms with Gasteiger partial charge in [0.2, 0.25) is 5.91 Å². The zero-order chi connectivity index (χ0) is 23.8. The van der Waals surface area contributed by atoms with E-state index in [-0.39, 0.29) is 11.7 Å². The number of amides is 1. The van der Waals surface area contributed by atoms with Crippen LogP contribution in [-0.4, -0.2) is 67.8 Å². The number of nitrogens with zero attached hydrogens (tertiary/aromatic N) is 7. The van der Waals surface area contributed by atoms with Crippen LogP contribution in [-0.2, 0) is 10.7 Å². The molecule has 1 atom stereocenters. The molecule has 1 fully saturated rings. The molecule has 4 rings (SSSR count). The molecule has 1 N–H and O–H groups in total. The lowest BCUT2D eigenvalue weighted by molar-refractivity contribution is -0.114. The molecule has 0 bridgehead atoms. The average molecular weight is 459 g/mol. The summed E-state index contributed by atoms with van der Waals surface area (Å²) in [6, 6.07) is 2.08. The maximum absolute atomic E-state index is 13.9. The fraction of sp³-hybridized carbons (Fsp3) is 0.500. The summed E-state index contributed by atoms with van der Waals surface area (Å²) in [4.78, 5) is 28.6. The van der Waals surface area contributed by atoms with Crippen molar-refractivity contribution in [3.05, 3.63) is 30.4 Å². The van der Waals surface area contributed by atoms with Gasteiger partial charge in [-0.15, -0.1) is 5.10 Å². The summed E-state index contributed by atoms with van der Waals surface area (Å²) in [6.45, 7) is 10.0. The molecule has 9 nitrogen and oxygen atoms in total. The first-order valence-corrected chi connectivity index (χ1v) is 11.1. The number of aromatic nitrogens is 5. The number of nitrogens with one attached hydrogen (secondary N) is 1. The summed E-state index contributed by atoms with van der Waals surface area (Å²) < 4.78 is 29.3. The Morgan fingerprint density at radius 3 is 2.70 bits per heavy atom. The maximum Gasteiger partial charge on any atom is 0.288 e. The van der Waals surface area contributed by atoms with Gasteiger partial charge in [-0.25, -0.2) is 14.6 Å². The number of alkyl halides is 2. The third-order valence-corrected chi connectivity index (χ3v) is 5.93. The minimum atomic E-state index is -3.14. The molecule has 4 heterocycles. The highest BCUT2D eigenvalue weighted by atomic mass is 19.3. The predicted octanol–water partition coefficient (Wildman–Crippen LogP) is 3.20. The van der Waals surface area contributed by atoms with Gasteiger partial charge in [0, 0.05) is 45.2 Å². The largest absolute Gasteiger partial charge is 0.353 e. The average Bonchev–Trinajstić information content (AvgIpc) is 3.38. The summed E-state index contributed by atoms with van der Waals surface area (Å²) in [5.41, 5.74) is 0.157. The van der Waals surface area contributed by atoms with E-state index in [9.17, 15) is 13.6 Å². The summed E-state index contributed by atoms with van der Waals surface area (Å²) in [5.74, 6) is -2.18. The number of rotatable bonds is 7. The minimum Gasteiger partial charge on any atom is -0.353 e. The Morgan fingerprint density at radius 2 is 2.03 bits per heavy atom. The molecule has 1 saturated heterocycles. The Labute approximate surface area is 190 Å². The van der Waals surface area contributed by atoms with Crippen molar-refractivity contribution in [2.45, 2.75) is 46.1 Å². The van der Waals surface area contributed by atoms with Gasteiger partial charge >= 0.3 is 0 Å². The van der Waals surface area contributed by atoms with Crippen LogP contribution in [0.15, 0.2) is 24.7 Å². The van der Waals surface area contributed by atoms with Gasteiger partial charge in [0.05, 0.1) is 23.3 Å². The molecule has 0 aliphatic carbocycles. The summed E-state index contributed by atoms with van der Waals surface area (Å²) in [6.07, 6.45) is 5.10. The van der Waals surface area contributed by atoms with E-state index in [1.54, 1.807) is 12.3 Å². The van der Waals surface area contributed by atoms with E-state index in [4.69, 9.17) is 5.10 Å². The number of anilines is 2. The fourth-order valence-corrected chi connectivity index (χ4v) is 4.29. The molecule has 3 aromatic rings. The van der Waals surface area contributed by atoms with Gasteiger partial charge < -0.3 is 10.2 Å². The molecular weight excluding hydrogens is 430 g/mol. The van der Waals surface area contributed by atoms with Crippen LogP contribution in [0.2, 0.25) is 0 Å². The van der Waals surface area contributed by atoms with Crippen molar-refractivity contribution in [3.8, 4) is 5.82 Å². The van der Waals surface area contributed by atoms with Crippen LogP contribution in [0, 0.1) is 0 Å². The van der Waals surface area contributed by atoms with Crippen molar-refractivity contribution >= 4 is 28.4 Å². The number of hydrogen-bond acceptors (Lipinski definition) is 7. The first kappa shape index (κ1) is 23.0. The molecule has 33 heavy (non-hydrogen) atoms. The number of carbonyl (C=O) groups is 1. The number of pyridine rings is 1. The quantitative estimate of drug-likeness (QED) is 0.581. The first-order chi connectivity index (χ1) is 15.7. The number of halogens is 2. The van der Waals surface area contributed by atoms with Gasteiger partial charge in [-0.2, -0.15) is 8.78 Å². The van der Waals surface area contributed by atoms with E-state index in [2.05, 4.69) is 43.9 Å².